The number of alkyl halides is 1. The Bertz CT molecular complexity index is 469. The third kappa shape index (κ3) is 1.42. The molecule has 0 aliphatic rings. The lowest BCUT2D eigenvalue weighted by Gasteiger charge is -1.99. The van der Waals surface area contributed by atoms with Gasteiger partial charge in [-0.3, -0.25) is 0 Å². The van der Waals surface area contributed by atoms with Crippen LogP contribution in [0.15, 0.2) is 24.5 Å². The maximum absolute atomic E-state index is 10.4. The fraction of sp³-hybridized carbons (Fsp3) is 0.111. The fourth-order valence-corrected chi connectivity index (χ4v) is 1.72. The van der Waals surface area contributed by atoms with E-state index in [2.05, 4.69) is 4.98 Å². The summed E-state index contributed by atoms with van der Waals surface area (Å²) in [6.07, 6.45) is 4.41. The molecule has 0 saturated heterocycles. The number of hydrogen-bond donors (Lipinski definition) is 0. The van der Waals surface area contributed by atoms with E-state index in [1.54, 1.807) is 10.7 Å². The van der Waals surface area contributed by atoms with Crippen LogP contribution in [0, 0.1) is 0 Å². The van der Waals surface area contributed by atoms with E-state index < -0.39 is 0 Å². The van der Waals surface area contributed by atoms with Crippen molar-refractivity contribution < 1.29 is 4.79 Å². The first kappa shape index (κ1) is 9.28. The first-order valence-corrected chi connectivity index (χ1v) is 4.82. The van der Waals surface area contributed by atoms with E-state index in [4.69, 9.17) is 11.6 Å². The molecular formula is C9H8BClN2O. The van der Waals surface area contributed by atoms with Crippen molar-refractivity contribution >= 4 is 36.2 Å². The van der Waals surface area contributed by atoms with Crippen LogP contribution in [0.4, 0.5) is 0 Å². The van der Waals surface area contributed by atoms with Crippen LogP contribution < -0.4 is 0 Å². The molecule has 2 aromatic rings. The summed E-state index contributed by atoms with van der Waals surface area (Å²) in [5.41, 5.74) is 1.86. The molecule has 0 N–H and O–H groups in total. The molecule has 2 aromatic heterocycles. The number of fused-ring (bicyclic) bond motifs is 1. The van der Waals surface area contributed by atoms with Gasteiger partial charge in [-0.15, -0.1) is 11.6 Å². The number of aromatic nitrogens is 2. The van der Waals surface area contributed by atoms with Gasteiger partial charge in [0, 0.05) is 17.5 Å². The predicted molar refractivity (Wildman–Crippen MR) is 58.6 cm³/mol. The van der Waals surface area contributed by atoms with E-state index in [9.17, 15) is 4.79 Å². The van der Waals surface area contributed by atoms with Crippen LogP contribution in [0.25, 0.3) is 11.0 Å². The molecule has 2 heterocycles. The summed E-state index contributed by atoms with van der Waals surface area (Å²) in [6, 6.07) is 3.82. The second-order valence-corrected chi connectivity index (χ2v) is 3.24. The molecule has 0 atom stereocenters. The summed E-state index contributed by atoms with van der Waals surface area (Å²) < 4.78 is 1.80. The van der Waals surface area contributed by atoms with Gasteiger partial charge in [0.15, 0.2) is 0 Å². The molecule has 0 saturated carbocycles. The third-order valence-electron chi connectivity index (χ3n) is 2.17. The lowest BCUT2D eigenvalue weighted by atomic mass is 9.99. The van der Waals surface area contributed by atoms with Gasteiger partial charge >= 0.3 is 7.41 Å². The van der Waals surface area contributed by atoms with E-state index in [1.165, 1.54) is 0 Å². The van der Waals surface area contributed by atoms with Crippen LogP contribution in [0.5, 0.6) is 0 Å². The van der Waals surface area contributed by atoms with Crippen LogP contribution >= 0.6 is 11.6 Å². The highest BCUT2D eigenvalue weighted by atomic mass is 35.5. The Labute approximate surface area is 87.0 Å². The number of carbonyl (C=O) groups excluding carboxylic acids is 1. The normalized spacial score (nSPS) is 10.4. The number of hydrogen-bond acceptors (Lipinski definition) is 2. The van der Waals surface area contributed by atoms with Gasteiger partial charge in [-0.2, -0.15) is 0 Å². The second-order valence-electron chi connectivity index (χ2n) is 2.98. The summed E-state index contributed by atoms with van der Waals surface area (Å²) in [5, 5.41) is 1.02. The monoisotopic (exact) mass is 206 g/mol. The molecular weight excluding hydrogens is 198 g/mol. The third-order valence-corrected chi connectivity index (χ3v) is 2.46. The van der Waals surface area contributed by atoms with Gasteiger partial charge in [0.05, 0.1) is 0 Å². The van der Waals surface area contributed by atoms with E-state index in [0.29, 0.717) is 13.3 Å². The summed E-state index contributed by atoms with van der Waals surface area (Å²) >= 11 is 5.79. The summed E-state index contributed by atoms with van der Waals surface area (Å²) in [5.74, 6) is 0.462. The van der Waals surface area contributed by atoms with E-state index >= 15 is 0 Å². The Morgan fingerprint density at radius 1 is 1.57 bits per heavy atom. The summed E-state index contributed by atoms with van der Waals surface area (Å²) in [7, 11) is 0.336. The van der Waals surface area contributed by atoms with Crippen molar-refractivity contribution in [2.45, 2.75) is 5.88 Å². The zero-order valence-corrected chi connectivity index (χ0v) is 8.24. The van der Waals surface area contributed by atoms with Gasteiger partial charge in [-0.05, 0) is 23.9 Å². The number of pyridine rings is 1. The van der Waals surface area contributed by atoms with Crippen LogP contribution in [0.3, 0.4) is 0 Å². The first-order valence-electron chi connectivity index (χ1n) is 4.29. The molecule has 0 spiro atoms. The van der Waals surface area contributed by atoms with Gasteiger partial charge in [0.1, 0.15) is 11.8 Å². The first-order chi connectivity index (χ1) is 6.86. The average molecular weight is 206 g/mol. The van der Waals surface area contributed by atoms with Gasteiger partial charge in [-0.25, -0.2) is 4.98 Å². The molecule has 0 amide bonds. The molecule has 0 aromatic carbocycles. The Morgan fingerprint density at radius 2 is 2.43 bits per heavy atom. The molecule has 70 valence electrons. The second kappa shape index (κ2) is 3.84. The molecule has 0 radical (unpaired) electrons. The van der Waals surface area contributed by atoms with Crippen molar-refractivity contribution in [3.63, 3.8) is 0 Å². The highest BCUT2D eigenvalue weighted by molar-refractivity contribution is 6.66. The zero-order chi connectivity index (χ0) is 9.97. The number of nitrogens with zero attached hydrogens (tertiary/aromatic N) is 2. The minimum Gasteiger partial charge on any atom is -0.372 e. The highest BCUT2D eigenvalue weighted by Crippen LogP contribution is 2.18. The molecule has 3 nitrogen and oxygen atoms in total. The molecule has 0 unspecified atom stereocenters. The minimum absolute atomic E-state index is 0.336. The predicted octanol–water partition coefficient (Wildman–Crippen LogP) is 1.16. The smallest absolute Gasteiger partial charge is 0.316 e. The lowest BCUT2D eigenvalue weighted by molar-refractivity contribution is 0.568. The fourth-order valence-electron chi connectivity index (χ4n) is 1.49. The highest BCUT2D eigenvalue weighted by Gasteiger charge is 2.05. The average Bonchev–Trinajstić information content (AvgIpc) is 2.62. The summed E-state index contributed by atoms with van der Waals surface area (Å²) in [6.45, 7) is 0. The molecule has 0 aliphatic heterocycles. The Kier molecular flexibility index (Phi) is 2.54. The maximum atomic E-state index is 10.4. The molecule has 5 heteroatoms. The summed E-state index contributed by atoms with van der Waals surface area (Å²) in [4.78, 5) is 14.6. The maximum Gasteiger partial charge on any atom is 0.316 e. The van der Waals surface area contributed by atoms with E-state index in [1.807, 2.05) is 18.3 Å². The number of rotatable bonds is 3. The van der Waals surface area contributed by atoms with Crippen molar-refractivity contribution in [2.24, 2.45) is 0 Å². The van der Waals surface area contributed by atoms with E-state index in [-0.39, 0.29) is 0 Å². The van der Waals surface area contributed by atoms with Crippen LogP contribution in [0.1, 0.15) is 5.56 Å². The van der Waals surface area contributed by atoms with Crippen LogP contribution in [0.2, 0.25) is 0 Å². The Balaban J connectivity index is 2.63. The molecule has 0 fully saturated rings. The standard InChI is InChI=1S/C9H8BClN2O/c11-5-7-1-3-12-9-8(7)2-4-13(9)10-6-14/h1-4,6,10H,5H2. The van der Waals surface area contributed by atoms with Crippen molar-refractivity contribution in [3.05, 3.63) is 30.1 Å². The van der Waals surface area contributed by atoms with Gasteiger partial charge < -0.3 is 9.27 Å². The Morgan fingerprint density at radius 3 is 3.14 bits per heavy atom. The SMILES string of the molecule is O=CBn1ccc2c(CCl)ccnc21. The number of carbonyl (C=O) groups is 1. The van der Waals surface area contributed by atoms with E-state index in [0.717, 1.165) is 22.8 Å². The van der Waals surface area contributed by atoms with Crippen molar-refractivity contribution in [2.75, 3.05) is 0 Å². The zero-order valence-electron chi connectivity index (χ0n) is 7.48. The molecule has 0 aliphatic carbocycles. The molecule has 14 heavy (non-hydrogen) atoms. The van der Waals surface area contributed by atoms with Crippen molar-refractivity contribution in [1.29, 1.82) is 0 Å². The van der Waals surface area contributed by atoms with Crippen LogP contribution in [-0.4, -0.2) is 23.1 Å². The topological polar surface area (TPSA) is 34.9 Å². The number of halogens is 1. The van der Waals surface area contributed by atoms with Crippen LogP contribution in [-0.2, 0) is 10.7 Å². The van der Waals surface area contributed by atoms with Crippen molar-refractivity contribution in [3.8, 4) is 0 Å². The van der Waals surface area contributed by atoms with Gasteiger partial charge in [-0.1, -0.05) is 0 Å². The molecule has 2 rings (SSSR count). The minimum atomic E-state index is 0.336. The Hall–Kier alpha value is -1.29. The van der Waals surface area contributed by atoms with Gasteiger partial charge in [0.2, 0.25) is 0 Å². The lowest BCUT2D eigenvalue weighted by Crippen LogP contribution is -2.06. The largest absolute Gasteiger partial charge is 0.372 e. The quantitative estimate of drug-likeness (QED) is 0.429. The molecule has 0 bridgehead atoms. The van der Waals surface area contributed by atoms with Crippen molar-refractivity contribution in [1.82, 2.24) is 9.46 Å². The van der Waals surface area contributed by atoms with Gasteiger partial charge in [0.25, 0.3) is 0 Å².